The molecule has 0 radical (unpaired) electrons. The van der Waals surface area contributed by atoms with Gasteiger partial charge in [-0.25, -0.2) is 23.0 Å². The van der Waals surface area contributed by atoms with Crippen molar-refractivity contribution in [3.8, 4) is 5.75 Å². The van der Waals surface area contributed by atoms with E-state index in [4.69, 9.17) is 13.7 Å². The highest BCUT2D eigenvalue weighted by molar-refractivity contribution is 7.92. The number of amides is 1. The number of ether oxygens (including phenoxy) is 2. The number of anilines is 1. The molecule has 0 saturated heterocycles. The summed E-state index contributed by atoms with van der Waals surface area (Å²) in [7, 11) is -5.89. The molecule has 0 aliphatic rings. The molecule has 0 bridgehead atoms. The Labute approximate surface area is 251 Å². The first-order chi connectivity index (χ1) is 20.1. The Hall–Kier alpha value is -3.98. The molecule has 3 aromatic rings. The number of carbonyl (C=O) groups is 2. The van der Waals surface area contributed by atoms with Crippen LogP contribution in [0.2, 0.25) is 0 Å². The van der Waals surface area contributed by atoms with Gasteiger partial charge in [-0.2, -0.15) is 8.42 Å². The highest BCUT2D eigenvalue weighted by atomic mass is 32.2. The first kappa shape index (κ1) is 33.5. The zero-order valence-electron chi connectivity index (χ0n) is 24.7. The molecule has 0 saturated carbocycles. The maximum atomic E-state index is 13.3. The van der Waals surface area contributed by atoms with Crippen LogP contribution in [0, 0.1) is 0 Å². The highest BCUT2D eigenvalue weighted by Gasteiger charge is 2.30. The van der Waals surface area contributed by atoms with Gasteiger partial charge in [-0.15, -0.1) is 0 Å². The summed E-state index contributed by atoms with van der Waals surface area (Å²) in [5.41, 5.74) is -0.795. The molecule has 0 fully saturated rings. The van der Waals surface area contributed by atoms with E-state index in [0.717, 1.165) is 11.4 Å². The fourth-order valence-electron chi connectivity index (χ4n) is 3.94. The van der Waals surface area contributed by atoms with Gasteiger partial charge in [-0.3, -0.25) is 9.29 Å². The fraction of sp³-hybridized carbons (Fsp3) is 0.429. The second-order valence-electron chi connectivity index (χ2n) is 10.5. The van der Waals surface area contributed by atoms with Crippen molar-refractivity contribution in [1.82, 2.24) is 15.3 Å². The third-order valence-corrected chi connectivity index (χ3v) is 8.85. The number of nitrogens with one attached hydrogen (secondary N) is 1. The number of hydrogen-bond acceptors (Lipinski definition) is 11. The molecule has 0 aliphatic heterocycles. The summed E-state index contributed by atoms with van der Waals surface area (Å²) in [5.74, 6) is -2.40. The van der Waals surface area contributed by atoms with Crippen LogP contribution in [0.5, 0.6) is 5.75 Å². The molecule has 43 heavy (non-hydrogen) atoms. The summed E-state index contributed by atoms with van der Waals surface area (Å²) in [4.78, 5) is 32.9. The molecule has 1 amide bonds. The molecule has 2 aromatic heterocycles. The van der Waals surface area contributed by atoms with Crippen LogP contribution in [0.3, 0.4) is 0 Å². The minimum atomic E-state index is -4.29. The Morgan fingerprint density at radius 1 is 0.977 bits per heavy atom. The van der Waals surface area contributed by atoms with E-state index in [1.54, 1.807) is 51.1 Å². The second kappa shape index (κ2) is 14.0. The van der Waals surface area contributed by atoms with Gasteiger partial charge in [0.25, 0.3) is 0 Å². The van der Waals surface area contributed by atoms with Crippen molar-refractivity contribution < 1.29 is 40.1 Å². The Morgan fingerprint density at radius 3 is 2.33 bits per heavy atom. The number of rotatable bonds is 13. The average Bonchev–Trinajstić information content (AvgIpc) is 2.93. The van der Waals surface area contributed by atoms with Gasteiger partial charge in [0.2, 0.25) is 15.8 Å². The van der Waals surface area contributed by atoms with Crippen molar-refractivity contribution in [2.24, 2.45) is 0 Å². The van der Waals surface area contributed by atoms with E-state index in [2.05, 4.69) is 15.3 Å². The molecule has 15 heteroatoms. The molecule has 1 aromatic carbocycles. The van der Waals surface area contributed by atoms with Gasteiger partial charge >= 0.3 is 22.2 Å². The zero-order chi connectivity index (χ0) is 31.8. The Balaban J connectivity index is 1.83. The van der Waals surface area contributed by atoms with Crippen molar-refractivity contribution >= 4 is 48.9 Å². The fourth-order valence-corrected chi connectivity index (χ4v) is 6.26. The molecule has 13 nitrogen and oxygen atoms in total. The van der Waals surface area contributed by atoms with Gasteiger partial charge in [0.1, 0.15) is 16.9 Å². The number of methoxy groups -OCH3 is 1. The van der Waals surface area contributed by atoms with Crippen molar-refractivity contribution in [3.63, 3.8) is 0 Å². The van der Waals surface area contributed by atoms with Gasteiger partial charge in [-0.05, 0) is 51.3 Å². The zero-order valence-corrected chi connectivity index (χ0v) is 26.3. The summed E-state index contributed by atoms with van der Waals surface area (Å²) >= 11 is 0. The predicted octanol–water partition coefficient (Wildman–Crippen LogP) is 3.79. The van der Waals surface area contributed by atoms with Crippen LogP contribution in [0.4, 0.5) is 10.6 Å². The molecule has 0 atom stereocenters. The number of pyridine rings is 2. The molecule has 234 valence electrons. The largest absolute Gasteiger partial charge is 0.464 e. The van der Waals surface area contributed by atoms with Gasteiger partial charge in [0.15, 0.2) is 11.5 Å². The number of unbranched alkanes of at least 4 members (excludes halogenated alkanes) is 2. The summed E-state index contributed by atoms with van der Waals surface area (Å²) < 4.78 is 68.8. The van der Waals surface area contributed by atoms with Crippen LogP contribution < -0.4 is 13.8 Å². The van der Waals surface area contributed by atoms with Crippen molar-refractivity contribution in [3.05, 3.63) is 59.9 Å². The number of fused-ring (bicyclic) bond motifs is 1. The third kappa shape index (κ3) is 9.51. The smallest absolute Gasteiger partial charge is 0.407 e. The molecule has 0 aliphatic carbocycles. The molecule has 2 heterocycles. The van der Waals surface area contributed by atoms with Crippen LogP contribution in [0.25, 0.3) is 10.9 Å². The predicted molar refractivity (Wildman–Crippen MR) is 161 cm³/mol. The Bertz CT molecular complexity index is 1660. The summed E-state index contributed by atoms with van der Waals surface area (Å²) in [6.07, 6.45) is 2.11. The number of carbonyl (C=O) groups excluding carboxylic acids is 2. The third-order valence-electron chi connectivity index (χ3n) is 5.93. The van der Waals surface area contributed by atoms with Gasteiger partial charge in [0, 0.05) is 25.2 Å². The van der Waals surface area contributed by atoms with Crippen LogP contribution in [0.1, 0.15) is 56.1 Å². The standard InChI is InChI=1S/C28H36N4O9S2/c1-28(2,3)40-27(34)30-16-10-7-11-18-42(35,36)32(4)25-21-15-12-17-29-22(21)24(23(31-25)26(33)39-5)41-43(37,38)19-20-13-8-6-9-14-20/h6,8-9,12-15,17H,7,10-11,16,18-19H2,1-5H3,(H,30,34). The van der Waals surface area contributed by atoms with E-state index in [9.17, 15) is 26.4 Å². The lowest BCUT2D eigenvalue weighted by Crippen LogP contribution is -2.33. The summed E-state index contributed by atoms with van der Waals surface area (Å²) in [5, 5.41) is 2.77. The summed E-state index contributed by atoms with van der Waals surface area (Å²) in [6, 6.07) is 11.3. The first-order valence-electron chi connectivity index (χ1n) is 13.4. The van der Waals surface area contributed by atoms with E-state index in [-0.39, 0.29) is 28.9 Å². The summed E-state index contributed by atoms with van der Waals surface area (Å²) in [6.45, 7) is 5.58. The van der Waals surface area contributed by atoms with E-state index in [0.29, 0.717) is 24.9 Å². The number of benzene rings is 1. The Kier molecular flexibility index (Phi) is 10.9. The molecule has 0 spiro atoms. The van der Waals surface area contributed by atoms with Gasteiger partial charge in [-0.1, -0.05) is 36.8 Å². The highest BCUT2D eigenvalue weighted by Crippen LogP contribution is 2.35. The lowest BCUT2D eigenvalue weighted by molar-refractivity contribution is 0.0525. The normalized spacial score (nSPS) is 12.0. The van der Waals surface area contributed by atoms with E-state index < -0.39 is 55.0 Å². The minimum absolute atomic E-state index is 0.0835. The van der Waals surface area contributed by atoms with E-state index in [1.165, 1.54) is 25.4 Å². The van der Waals surface area contributed by atoms with Crippen LogP contribution in [-0.2, 0) is 35.4 Å². The molecular weight excluding hydrogens is 600 g/mol. The number of sulfonamides is 1. The molecule has 0 unspecified atom stereocenters. The average molecular weight is 637 g/mol. The lowest BCUT2D eigenvalue weighted by Gasteiger charge is -2.22. The van der Waals surface area contributed by atoms with Gasteiger partial charge < -0.3 is 19.0 Å². The topological polar surface area (TPSA) is 171 Å². The van der Waals surface area contributed by atoms with Crippen molar-refractivity contribution in [2.75, 3.05) is 30.8 Å². The lowest BCUT2D eigenvalue weighted by atomic mass is 10.2. The number of nitrogens with zero attached hydrogens (tertiary/aromatic N) is 3. The number of esters is 1. The number of hydrogen-bond donors (Lipinski definition) is 1. The monoisotopic (exact) mass is 636 g/mol. The van der Waals surface area contributed by atoms with Crippen LogP contribution in [-0.4, -0.2) is 70.9 Å². The second-order valence-corrected chi connectivity index (χ2v) is 14.2. The quantitative estimate of drug-likeness (QED) is 0.164. The van der Waals surface area contributed by atoms with Crippen LogP contribution in [0.15, 0.2) is 48.7 Å². The first-order valence-corrected chi connectivity index (χ1v) is 16.6. The van der Waals surface area contributed by atoms with Gasteiger partial charge in [0.05, 0.1) is 12.9 Å². The van der Waals surface area contributed by atoms with E-state index in [1.807, 2.05) is 0 Å². The van der Waals surface area contributed by atoms with Crippen molar-refractivity contribution in [2.45, 2.75) is 51.4 Å². The maximum absolute atomic E-state index is 13.3. The number of alkyl carbamates (subject to hydrolysis) is 1. The maximum Gasteiger partial charge on any atom is 0.407 e. The van der Waals surface area contributed by atoms with Crippen LogP contribution >= 0.6 is 0 Å². The molecule has 1 N–H and O–H groups in total. The number of aromatic nitrogens is 2. The molecule has 3 rings (SSSR count). The SMILES string of the molecule is COC(=O)c1nc(N(C)S(=O)(=O)CCCCCNC(=O)OC(C)(C)C)c2cccnc2c1OS(=O)(=O)Cc1ccccc1. The van der Waals surface area contributed by atoms with Crippen molar-refractivity contribution in [1.29, 1.82) is 0 Å². The Morgan fingerprint density at radius 2 is 1.67 bits per heavy atom. The molecular formula is C28H36N4O9S2. The minimum Gasteiger partial charge on any atom is -0.464 e. The van der Waals surface area contributed by atoms with E-state index >= 15 is 0 Å².